The van der Waals surface area contributed by atoms with Gasteiger partial charge in [0.2, 0.25) is 0 Å². The first-order valence-corrected chi connectivity index (χ1v) is 4.38. The molecule has 0 heterocycles. The van der Waals surface area contributed by atoms with Gasteiger partial charge < -0.3 is 33.0 Å². The largest absolute Gasteiger partial charge is 2.00 e. The van der Waals surface area contributed by atoms with Crippen LogP contribution in [0.25, 0.3) is 0 Å². The van der Waals surface area contributed by atoms with Crippen LogP contribution >= 0.6 is 15.6 Å². The second-order valence-corrected chi connectivity index (χ2v) is 3.42. The molecule has 0 saturated carbocycles. The molecule has 0 unspecified atom stereocenters. The summed E-state index contributed by atoms with van der Waals surface area (Å²) in [5.74, 6) is 0. The first-order chi connectivity index (χ1) is 3.71. The monoisotopic (exact) mass is 376 g/mol. The van der Waals surface area contributed by atoms with Crippen LogP contribution in [0.5, 0.6) is 0 Å². The van der Waals surface area contributed by atoms with Crippen molar-refractivity contribution in [1.29, 1.82) is 0 Å². The Bertz CT molecular complexity index is 157. The molecule has 0 aromatic heterocycles. The first-order valence-electron chi connectivity index (χ1n) is 1.46. The molecule has 0 spiro atoms. The van der Waals surface area contributed by atoms with Crippen LogP contribution in [0, 0.1) is 0 Å². The molecule has 7 nitrogen and oxygen atoms in total. The molecule has 0 fully saturated rings. The quantitative estimate of drug-likeness (QED) is 0.357. The Morgan fingerprint density at radius 2 is 1.09 bits per heavy atom. The Balaban J connectivity index is -0.000000320. The van der Waals surface area contributed by atoms with Gasteiger partial charge >= 0.3 is 68.4 Å². The number of hydrogen-bond acceptors (Lipinski definition) is 7. The third-order valence-corrected chi connectivity index (χ3v) is 1.80. The number of hydrogen-bond donors (Lipinski definition) is 0. The Morgan fingerprint density at radius 1 is 0.909 bits per heavy atom. The van der Waals surface area contributed by atoms with Gasteiger partial charge in [-0.1, -0.05) is 0 Å². The van der Waals surface area contributed by atoms with Gasteiger partial charge in [-0.05, 0) is 0 Å². The molecule has 0 amide bonds. The minimum atomic E-state index is -5.68. The minimum absolute atomic E-state index is 0. The van der Waals surface area contributed by atoms with Crippen molar-refractivity contribution in [2.75, 3.05) is 0 Å². The summed E-state index contributed by atoms with van der Waals surface area (Å²) in [6, 6.07) is 0. The maximum absolute atomic E-state index is 9.32. The van der Waals surface area contributed by atoms with E-state index in [-0.39, 0.29) is 68.4 Å². The van der Waals surface area contributed by atoms with Gasteiger partial charge in [0.05, 0.1) is 15.6 Å². The van der Waals surface area contributed by atoms with Gasteiger partial charge in [-0.2, -0.15) is 0 Å². The Morgan fingerprint density at radius 3 is 1.09 bits per heavy atom. The number of rotatable bonds is 2. The van der Waals surface area contributed by atoms with Crippen molar-refractivity contribution in [2.24, 2.45) is 0 Å². The van der Waals surface area contributed by atoms with E-state index in [0.29, 0.717) is 0 Å². The van der Waals surface area contributed by atoms with Crippen LogP contribution in [0.15, 0.2) is 0 Å². The molecule has 0 aliphatic carbocycles. The van der Waals surface area contributed by atoms with E-state index in [0.717, 1.165) is 0 Å². The molecule has 0 aromatic carbocycles. The molecule has 11 heavy (non-hydrogen) atoms. The summed E-state index contributed by atoms with van der Waals surface area (Å²) in [6.07, 6.45) is 0. The standard InChI is InChI=1S/Ba.H4O7P2.Zn/c;1-8(2,3)7-9(4,5)6;/h;(H2,1,2,3)(H2,4,5,6);/q+2;;+2/p-4. The zero-order chi connectivity index (χ0) is 7.71. The van der Waals surface area contributed by atoms with Crippen molar-refractivity contribution in [3.63, 3.8) is 0 Å². The van der Waals surface area contributed by atoms with Crippen molar-refractivity contribution in [3.05, 3.63) is 0 Å². The predicted molar refractivity (Wildman–Crippen MR) is 22.1 cm³/mol. The molecule has 0 aromatic rings. The Hall–Kier alpha value is 2.45. The fourth-order valence-electron chi connectivity index (χ4n) is 0.122. The van der Waals surface area contributed by atoms with Crippen LogP contribution < -0.4 is 19.6 Å². The topological polar surface area (TPSA) is 136 Å². The summed E-state index contributed by atoms with van der Waals surface area (Å²) >= 11 is 0. The second kappa shape index (κ2) is 6.84. The average Bonchev–Trinajstić information content (AvgIpc) is 1.14. The fourth-order valence-corrected chi connectivity index (χ4v) is 1.10. The van der Waals surface area contributed by atoms with E-state index in [1.54, 1.807) is 0 Å². The van der Waals surface area contributed by atoms with Gasteiger partial charge in [0.15, 0.2) is 0 Å². The van der Waals surface area contributed by atoms with Gasteiger partial charge in [-0.25, -0.2) is 0 Å². The molecule has 11 heteroatoms. The minimum Gasteiger partial charge on any atom is -0.790 e. The van der Waals surface area contributed by atoms with Crippen LogP contribution in [-0.4, -0.2) is 48.9 Å². The SMILES string of the molecule is O=P([O-])([O-])OP(=O)([O-])[O-].[Ba+2].[Zn+2]. The molecule has 0 aliphatic heterocycles. The van der Waals surface area contributed by atoms with Gasteiger partial charge in [-0.15, -0.1) is 0 Å². The first kappa shape index (κ1) is 19.1. The Labute approximate surface area is 115 Å². The van der Waals surface area contributed by atoms with E-state index in [4.69, 9.17) is 0 Å². The van der Waals surface area contributed by atoms with Gasteiger partial charge in [0, 0.05) is 0 Å². The molecule has 0 rings (SSSR count). The third-order valence-electron chi connectivity index (χ3n) is 0.200. The third kappa shape index (κ3) is 19.0. The van der Waals surface area contributed by atoms with Crippen LogP contribution in [0.1, 0.15) is 0 Å². The average molecular weight is 377 g/mol. The van der Waals surface area contributed by atoms with E-state index in [2.05, 4.69) is 4.31 Å². The molecule has 0 bridgehead atoms. The van der Waals surface area contributed by atoms with E-state index >= 15 is 0 Å². The molecule has 0 saturated heterocycles. The van der Waals surface area contributed by atoms with Gasteiger partial charge in [0.25, 0.3) is 0 Å². The zero-order valence-corrected chi connectivity index (χ0v) is 14.4. The smallest absolute Gasteiger partial charge is 0.790 e. The summed E-state index contributed by atoms with van der Waals surface area (Å²) < 4.78 is 21.2. The summed E-state index contributed by atoms with van der Waals surface area (Å²) in [6.45, 7) is 0. The second-order valence-electron chi connectivity index (χ2n) is 0.976. The van der Waals surface area contributed by atoms with Crippen molar-refractivity contribution < 1.29 is 52.5 Å². The number of phosphoric acid groups is 2. The maximum Gasteiger partial charge on any atom is 2.00 e. The maximum atomic E-state index is 9.32. The Kier molecular flexibility index (Phi) is 11.9. The van der Waals surface area contributed by atoms with Crippen molar-refractivity contribution in [3.8, 4) is 0 Å². The molecule has 0 N–H and O–H groups in total. The molecule has 0 atom stereocenters. The fraction of sp³-hybridized carbons (Fsp3) is 0. The summed E-state index contributed by atoms with van der Waals surface area (Å²) in [5.41, 5.74) is 0. The van der Waals surface area contributed by atoms with Crippen LogP contribution in [0.3, 0.4) is 0 Å². The van der Waals surface area contributed by atoms with E-state index in [1.165, 1.54) is 0 Å². The van der Waals surface area contributed by atoms with E-state index < -0.39 is 15.6 Å². The van der Waals surface area contributed by atoms with E-state index in [9.17, 15) is 28.7 Å². The van der Waals surface area contributed by atoms with Crippen LogP contribution in [0.2, 0.25) is 0 Å². The van der Waals surface area contributed by atoms with Crippen LogP contribution in [0.4, 0.5) is 0 Å². The zero-order valence-electron chi connectivity index (χ0n) is 5.17. The normalized spacial score (nSPS) is 11.3. The van der Waals surface area contributed by atoms with Crippen molar-refractivity contribution in [1.82, 2.24) is 0 Å². The molecular formula is BaO7P2Zn. The van der Waals surface area contributed by atoms with Gasteiger partial charge in [-0.3, -0.25) is 0 Å². The predicted octanol–water partition coefficient (Wildman–Crippen LogP) is -3.72. The molecule has 0 aliphatic rings. The summed E-state index contributed by atoms with van der Waals surface area (Å²) in [5, 5.41) is 0. The van der Waals surface area contributed by atoms with Crippen molar-refractivity contribution >= 4 is 64.5 Å². The molecule has 56 valence electrons. The van der Waals surface area contributed by atoms with Gasteiger partial charge in [0.1, 0.15) is 0 Å². The summed E-state index contributed by atoms with van der Waals surface area (Å²) in [4.78, 5) is 37.3. The van der Waals surface area contributed by atoms with Crippen LogP contribution in [-0.2, 0) is 32.9 Å². The molecule has 0 radical (unpaired) electrons. The van der Waals surface area contributed by atoms with Crippen molar-refractivity contribution in [2.45, 2.75) is 0 Å². The van der Waals surface area contributed by atoms with E-state index in [1.807, 2.05) is 0 Å². The molecular weight excluding hydrogens is 377 g/mol. The summed E-state index contributed by atoms with van der Waals surface area (Å²) in [7, 11) is -11.4.